The van der Waals surface area contributed by atoms with E-state index in [9.17, 15) is 4.79 Å². The molecule has 0 aliphatic heterocycles. The molecule has 0 saturated heterocycles. The molecule has 3 heteroatoms. The third-order valence-electron chi connectivity index (χ3n) is 5.80. The molecule has 0 spiro atoms. The van der Waals surface area contributed by atoms with Crippen LogP contribution in [0.3, 0.4) is 0 Å². The van der Waals surface area contributed by atoms with Crippen molar-refractivity contribution in [3.8, 4) is 5.75 Å². The summed E-state index contributed by atoms with van der Waals surface area (Å²) < 4.78 is 5.51. The first-order valence-corrected chi connectivity index (χ1v) is 10.2. The van der Waals surface area contributed by atoms with E-state index >= 15 is 0 Å². The second-order valence-electron chi connectivity index (χ2n) is 7.57. The van der Waals surface area contributed by atoms with Crippen LogP contribution in [0.2, 0.25) is 0 Å². The van der Waals surface area contributed by atoms with Gasteiger partial charge in [-0.2, -0.15) is 0 Å². The number of nitrogens with one attached hydrogen (secondary N) is 1. The molecule has 4 rings (SSSR count). The SMILES string of the molecule is CCC(NC(=O)c1cc2ccccc2cc1OC)c1ccc2c(c1)CCCC2. The predicted molar refractivity (Wildman–Crippen MR) is 114 cm³/mol. The number of hydrogen-bond donors (Lipinski definition) is 1. The van der Waals surface area contributed by atoms with Gasteiger partial charge in [0.1, 0.15) is 5.75 Å². The Morgan fingerprint density at radius 3 is 2.43 bits per heavy atom. The van der Waals surface area contributed by atoms with Crippen molar-refractivity contribution in [3.05, 3.63) is 76.9 Å². The second kappa shape index (κ2) is 8.05. The minimum atomic E-state index is -0.0906. The van der Waals surface area contributed by atoms with Gasteiger partial charge in [-0.1, -0.05) is 49.4 Å². The molecule has 0 bridgehead atoms. The van der Waals surface area contributed by atoms with Gasteiger partial charge < -0.3 is 10.1 Å². The van der Waals surface area contributed by atoms with Gasteiger partial charge in [-0.15, -0.1) is 0 Å². The second-order valence-corrected chi connectivity index (χ2v) is 7.57. The average Bonchev–Trinajstić information content (AvgIpc) is 2.76. The Morgan fingerprint density at radius 1 is 1.00 bits per heavy atom. The van der Waals surface area contributed by atoms with Gasteiger partial charge in [0.2, 0.25) is 0 Å². The Labute approximate surface area is 166 Å². The van der Waals surface area contributed by atoms with E-state index in [1.54, 1.807) is 7.11 Å². The van der Waals surface area contributed by atoms with Crippen LogP contribution in [0.1, 0.15) is 59.3 Å². The van der Waals surface area contributed by atoms with Gasteiger partial charge in [0, 0.05) is 0 Å². The number of ether oxygens (including phenoxy) is 1. The fraction of sp³-hybridized carbons (Fsp3) is 0.320. The van der Waals surface area contributed by atoms with Gasteiger partial charge in [0.25, 0.3) is 5.91 Å². The highest BCUT2D eigenvalue weighted by Crippen LogP contribution is 2.29. The predicted octanol–water partition coefficient (Wildman–Crippen LogP) is 5.61. The van der Waals surface area contributed by atoms with Gasteiger partial charge in [0.05, 0.1) is 18.7 Å². The summed E-state index contributed by atoms with van der Waals surface area (Å²) in [6.07, 6.45) is 5.70. The lowest BCUT2D eigenvalue weighted by Gasteiger charge is -2.22. The molecule has 0 aromatic heterocycles. The molecule has 0 heterocycles. The summed E-state index contributed by atoms with van der Waals surface area (Å²) in [5, 5.41) is 5.33. The highest BCUT2D eigenvalue weighted by atomic mass is 16.5. The number of methoxy groups -OCH3 is 1. The van der Waals surface area contributed by atoms with Crippen molar-refractivity contribution in [2.75, 3.05) is 7.11 Å². The lowest BCUT2D eigenvalue weighted by Crippen LogP contribution is -2.28. The molecule has 0 saturated carbocycles. The molecular weight excluding hydrogens is 346 g/mol. The zero-order valence-electron chi connectivity index (χ0n) is 16.6. The number of carbonyl (C=O) groups is 1. The first-order valence-electron chi connectivity index (χ1n) is 10.2. The number of aryl methyl sites for hydroxylation is 2. The number of carbonyl (C=O) groups excluding carboxylic acids is 1. The van der Waals surface area contributed by atoms with Gasteiger partial charge in [-0.25, -0.2) is 0 Å². The van der Waals surface area contributed by atoms with Crippen molar-refractivity contribution < 1.29 is 9.53 Å². The molecule has 1 atom stereocenters. The van der Waals surface area contributed by atoms with Crippen molar-refractivity contribution in [2.24, 2.45) is 0 Å². The number of amides is 1. The first-order chi connectivity index (χ1) is 13.7. The Morgan fingerprint density at radius 2 is 1.71 bits per heavy atom. The highest BCUT2D eigenvalue weighted by molar-refractivity contribution is 6.01. The van der Waals surface area contributed by atoms with Crippen LogP contribution in [0.4, 0.5) is 0 Å². The molecule has 3 aromatic carbocycles. The zero-order valence-corrected chi connectivity index (χ0v) is 16.6. The smallest absolute Gasteiger partial charge is 0.255 e. The third-order valence-corrected chi connectivity index (χ3v) is 5.80. The Kier molecular flexibility index (Phi) is 5.34. The average molecular weight is 373 g/mol. The zero-order chi connectivity index (χ0) is 19.5. The molecule has 1 aliphatic rings. The summed E-state index contributed by atoms with van der Waals surface area (Å²) in [4.78, 5) is 13.1. The molecule has 28 heavy (non-hydrogen) atoms. The molecule has 1 amide bonds. The molecular formula is C25H27NO2. The Bertz CT molecular complexity index is 1010. The maximum Gasteiger partial charge on any atom is 0.255 e. The molecule has 3 aromatic rings. The van der Waals surface area contributed by atoms with Crippen molar-refractivity contribution in [1.29, 1.82) is 0 Å². The Hall–Kier alpha value is -2.81. The molecule has 1 unspecified atom stereocenters. The van der Waals surface area contributed by atoms with Crippen LogP contribution in [0.5, 0.6) is 5.75 Å². The standard InChI is InChI=1S/C25H27NO2/c1-3-23(21-13-12-17-8-4-5-9-18(17)14-21)26-25(27)22-15-19-10-6-7-11-20(19)16-24(22)28-2/h6-7,10-16,23H,3-5,8-9H2,1-2H3,(H,26,27). The van der Waals surface area contributed by atoms with Crippen molar-refractivity contribution in [1.82, 2.24) is 5.32 Å². The fourth-order valence-electron chi connectivity index (χ4n) is 4.19. The summed E-state index contributed by atoms with van der Waals surface area (Å²) in [5.74, 6) is 0.517. The summed E-state index contributed by atoms with van der Waals surface area (Å²) in [6, 6.07) is 18.6. The van der Waals surface area contributed by atoms with Crippen LogP contribution in [-0.4, -0.2) is 13.0 Å². The van der Waals surface area contributed by atoms with E-state index < -0.39 is 0 Å². The monoisotopic (exact) mass is 373 g/mol. The van der Waals surface area contributed by atoms with E-state index in [1.165, 1.54) is 36.0 Å². The van der Waals surface area contributed by atoms with Crippen LogP contribution >= 0.6 is 0 Å². The van der Waals surface area contributed by atoms with Crippen molar-refractivity contribution in [2.45, 2.75) is 45.1 Å². The summed E-state index contributed by atoms with van der Waals surface area (Å²) in [7, 11) is 1.61. The summed E-state index contributed by atoms with van der Waals surface area (Å²) >= 11 is 0. The van der Waals surface area contributed by atoms with Gasteiger partial charge >= 0.3 is 0 Å². The van der Waals surface area contributed by atoms with Crippen LogP contribution in [-0.2, 0) is 12.8 Å². The quantitative estimate of drug-likeness (QED) is 0.631. The lowest BCUT2D eigenvalue weighted by atomic mass is 9.88. The van der Waals surface area contributed by atoms with Crippen molar-refractivity contribution in [3.63, 3.8) is 0 Å². The lowest BCUT2D eigenvalue weighted by molar-refractivity contribution is 0.0932. The van der Waals surface area contributed by atoms with Crippen LogP contribution in [0.15, 0.2) is 54.6 Å². The van der Waals surface area contributed by atoms with Gasteiger partial charge in [-0.3, -0.25) is 4.79 Å². The normalized spacial score (nSPS) is 14.4. The molecule has 3 nitrogen and oxygen atoms in total. The van der Waals surface area contributed by atoms with E-state index in [4.69, 9.17) is 4.74 Å². The number of fused-ring (bicyclic) bond motifs is 2. The van der Waals surface area contributed by atoms with Crippen LogP contribution in [0.25, 0.3) is 10.8 Å². The van der Waals surface area contributed by atoms with E-state index in [-0.39, 0.29) is 11.9 Å². The molecule has 1 N–H and O–H groups in total. The van der Waals surface area contributed by atoms with Crippen LogP contribution < -0.4 is 10.1 Å². The minimum Gasteiger partial charge on any atom is -0.496 e. The maximum atomic E-state index is 13.1. The van der Waals surface area contributed by atoms with Crippen molar-refractivity contribution >= 4 is 16.7 Å². The maximum absolute atomic E-state index is 13.1. The number of benzene rings is 3. The topological polar surface area (TPSA) is 38.3 Å². The Balaban J connectivity index is 1.62. The summed E-state index contributed by atoms with van der Waals surface area (Å²) in [6.45, 7) is 2.11. The van der Waals surface area contributed by atoms with E-state index in [0.29, 0.717) is 11.3 Å². The van der Waals surface area contributed by atoms with E-state index in [2.05, 4.69) is 30.4 Å². The van der Waals surface area contributed by atoms with Gasteiger partial charge in [0.15, 0.2) is 0 Å². The number of rotatable bonds is 5. The minimum absolute atomic E-state index is 0.00379. The van der Waals surface area contributed by atoms with Gasteiger partial charge in [-0.05, 0) is 71.7 Å². The largest absolute Gasteiger partial charge is 0.496 e. The molecule has 1 aliphatic carbocycles. The first kappa shape index (κ1) is 18.5. The molecule has 144 valence electrons. The highest BCUT2D eigenvalue weighted by Gasteiger charge is 2.19. The molecule has 0 fully saturated rings. The number of hydrogen-bond acceptors (Lipinski definition) is 2. The summed E-state index contributed by atoms with van der Waals surface area (Å²) in [5.41, 5.74) is 4.68. The fourth-order valence-corrected chi connectivity index (χ4v) is 4.19. The van der Waals surface area contributed by atoms with Crippen LogP contribution in [0, 0.1) is 0 Å². The van der Waals surface area contributed by atoms with E-state index in [1.807, 2.05) is 36.4 Å². The van der Waals surface area contributed by atoms with E-state index in [0.717, 1.165) is 23.6 Å². The third kappa shape index (κ3) is 3.62. The molecule has 0 radical (unpaired) electrons.